The molecule has 0 aliphatic heterocycles. The Morgan fingerprint density at radius 3 is 2.83 bits per heavy atom. The molecule has 0 fully saturated rings. The number of esters is 1. The molecule has 2 unspecified atom stereocenters. The Balaban J connectivity index is 2.33. The molecule has 5 nitrogen and oxygen atoms in total. The number of aliphatic hydroxyl groups is 2. The highest BCUT2D eigenvalue weighted by molar-refractivity contribution is 5.80. The Labute approximate surface area is 104 Å². The molecule has 2 rings (SSSR count). The summed E-state index contributed by atoms with van der Waals surface area (Å²) in [6, 6.07) is 8.63. The summed E-state index contributed by atoms with van der Waals surface area (Å²) in [5.41, 5.74) is 1.22. The number of hydrogen-bond acceptors (Lipinski definition) is 5. The summed E-state index contributed by atoms with van der Waals surface area (Å²) in [7, 11) is 1.16. The van der Waals surface area contributed by atoms with Gasteiger partial charge >= 0.3 is 5.97 Å². The predicted molar refractivity (Wildman–Crippen MR) is 64.7 cm³/mol. The van der Waals surface area contributed by atoms with Gasteiger partial charge in [-0.3, -0.25) is 4.98 Å². The molecule has 2 aromatic rings. The summed E-state index contributed by atoms with van der Waals surface area (Å²) in [5, 5.41) is 20.3. The lowest BCUT2D eigenvalue weighted by Gasteiger charge is -2.16. The highest BCUT2D eigenvalue weighted by atomic mass is 16.5. The highest BCUT2D eigenvalue weighted by Crippen LogP contribution is 2.21. The van der Waals surface area contributed by atoms with Crippen LogP contribution >= 0.6 is 0 Å². The molecule has 1 heterocycles. The number of rotatable bonds is 3. The average molecular weight is 247 g/mol. The van der Waals surface area contributed by atoms with Crippen molar-refractivity contribution in [3.05, 3.63) is 42.1 Å². The van der Waals surface area contributed by atoms with E-state index < -0.39 is 18.2 Å². The van der Waals surface area contributed by atoms with Gasteiger partial charge in [-0.05, 0) is 23.8 Å². The Morgan fingerprint density at radius 1 is 1.33 bits per heavy atom. The van der Waals surface area contributed by atoms with Gasteiger partial charge < -0.3 is 14.9 Å². The van der Waals surface area contributed by atoms with Crippen molar-refractivity contribution >= 4 is 16.9 Å². The molecular weight excluding hydrogens is 234 g/mol. The summed E-state index contributed by atoms with van der Waals surface area (Å²) >= 11 is 0. The van der Waals surface area contributed by atoms with E-state index in [1.54, 1.807) is 30.5 Å². The third kappa shape index (κ3) is 2.32. The van der Waals surface area contributed by atoms with Crippen LogP contribution in [-0.4, -0.2) is 34.4 Å². The number of hydrogen-bond donors (Lipinski definition) is 2. The fraction of sp³-hybridized carbons (Fsp3) is 0.231. The average Bonchev–Trinajstić information content (AvgIpc) is 2.44. The van der Waals surface area contributed by atoms with Gasteiger partial charge in [-0.15, -0.1) is 0 Å². The van der Waals surface area contributed by atoms with Crippen molar-refractivity contribution in [2.24, 2.45) is 0 Å². The molecule has 0 bridgehead atoms. The fourth-order valence-electron chi connectivity index (χ4n) is 1.71. The molecule has 5 heteroatoms. The second kappa shape index (κ2) is 5.12. The van der Waals surface area contributed by atoms with Crippen LogP contribution in [0.1, 0.15) is 11.7 Å². The highest BCUT2D eigenvalue weighted by Gasteiger charge is 2.26. The van der Waals surface area contributed by atoms with E-state index in [-0.39, 0.29) is 0 Å². The topological polar surface area (TPSA) is 79.7 Å². The first-order valence-corrected chi connectivity index (χ1v) is 5.42. The van der Waals surface area contributed by atoms with Gasteiger partial charge in [-0.2, -0.15) is 0 Å². The fourth-order valence-corrected chi connectivity index (χ4v) is 1.71. The van der Waals surface area contributed by atoms with Crippen LogP contribution in [0.3, 0.4) is 0 Å². The molecule has 2 N–H and O–H groups in total. The largest absolute Gasteiger partial charge is 0.467 e. The van der Waals surface area contributed by atoms with Crippen LogP contribution in [-0.2, 0) is 9.53 Å². The minimum Gasteiger partial charge on any atom is -0.467 e. The summed E-state index contributed by atoms with van der Waals surface area (Å²) in [5.74, 6) is -0.867. The van der Waals surface area contributed by atoms with Gasteiger partial charge in [-0.25, -0.2) is 4.79 Å². The predicted octanol–water partition coefficient (Wildman–Crippen LogP) is 0.802. The van der Waals surface area contributed by atoms with Gasteiger partial charge in [0.15, 0.2) is 6.10 Å². The lowest BCUT2D eigenvalue weighted by Crippen LogP contribution is -2.28. The van der Waals surface area contributed by atoms with Gasteiger partial charge in [0.2, 0.25) is 0 Å². The van der Waals surface area contributed by atoms with Crippen LogP contribution in [0.15, 0.2) is 36.5 Å². The maximum Gasteiger partial charge on any atom is 0.337 e. The molecule has 2 atom stereocenters. The van der Waals surface area contributed by atoms with E-state index in [0.29, 0.717) is 5.56 Å². The van der Waals surface area contributed by atoms with Crippen molar-refractivity contribution in [3.8, 4) is 0 Å². The molecular formula is C13H13NO4. The van der Waals surface area contributed by atoms with Crippen LogP contribution in [0.25, 0.3) is 10.9 Å². The molecule has 0 radical (unpaired) electrons. The van der Waals surface area contributed by atoms with Crippen molar-refractivity contribution in [3.63, 3.8) is 0 Å². The number of aromatic nitrogens is 1. The van der Waals surface area contributed by atoms with Crippen LogP contribution < -0.4 is 0 Å². The molecule has 0 saturated heterocycles. The second-order valence-corrected chi connectivity index (χ2v) is 3.87. The maximum atomic E-state index is 11.1. The molecule has 0 spiro atoms. The van der Waals surface area contributed by atoms with Gasteiger partial charge in [0.1, 0.15) is 6.10 Å². The molecule has 1 aromatic carbocycles. The quantitative estimate of drug-likeness (QED) is 0.784. The summed E-state index contributed by atoms with van der Waals surface area (Å²) < 4.78 is 4.38. The zero-order valence-corrected chi connectivity index (χ0v) is 9.78. The number of benzene rings is 1. The van der Waals surface area contributed by atoms with E-state index in [2.05, 4.69) is 9.72 Å². The smallest absolute Gasteiger partial charge is 0.337 e. The normalized spacial score (nSPS) is 14.2. The molecule has 0 saturated carbocycles. The molecule has 0 amide bonds. The number of carbonyl (C=O) groups is 1. The minimum absolute atomic E-state index is 0.438. The summed E-state index contributed by atoms with van der Waals surface area (Å²) in [6.07, 6.45) is -1.24. The first kappa shape index (κ1) is 12.5. The SMILES string of the molecule is COC(=O)C(O)C(O)c1ccc2ncccc2c1. The van der Waals surface area contributed by atoms with Crippen LogP contribution in [0, 0.1) is 0 Å². The number of methoxy groups -OCH3 is 1. The Bertz CT molecular complexity index is 570. The van der Waals surface area contributed by atoms with Gasteiger partial charge in [0, 0.05) is 11.6 Å². The number of carbonyl (C=O) groups excluding carboxylic acids is 1. The lowest BCUT2D eigenvalue weighted by molar-refractivity contribution is -0.156. The van der Waals surface area contributed by atoms with E-state index in [1.165, 1.54) is 0 Å². The number of ether oxygens (including phenoxy) is 1. The molecule has 94 valence electrons. The Kier molecular flexibility index (Phi) is 3.55. The maximum absolute atomic E-state index is 11.1. The molecule has 0 aliphatic carbocycles. The molecule has 18 heavy (non-hydrogen) atoms. The van der Waals surface area contributed by atoms with Crippen molar-refractivity contribution in [1.82, 2.24) is 4.98 Å². The second-order valence-electron chi connectivity index (χ2n) is 3.87. The number of fused-ring (bicyclic) bond motifs is 1. The third-order valence-corrected chi connectivity index (χ3v) is 2.71. The summed E-state index contributed by atoms with van der Waals surface area (Å²) in [4.78, 5) is 15.3. The van der Waals surface area contributed by atoms with Gasteiger partial charge in [0.25, 0.3) is 0 Å². The Hall–Kier alpha value is -1.98. The third-order valence-electron chi connectivity index (χ3n) is 2.71. The van der Waals surface area contributed by atoms with Crippen molar-refractivity contribution in [2.75, 3.05) is 7.11 Å². The van der Waals surface area contributed by atoms with E-state index in [4.69, 9.17) is 0 Å². The Morgan fingerprint density at radius 2 is 2.11 bits per heavy atom. The first-order valence-electron chi connectivity index (χ1n) is 5.42. The molecule has 0 aliphatic rings. The zero-order chi connectivity index (χ0) is 13.1. The zero-order valence-electron chi connectivity index (χ0n) is 9.78. The summed E-state index contributed by atoms with van der Waals surface area (Å²) in [6.45, 7) is 0. The van der Waals surface area contributed by atoms with E-state index in [0.717, 1.165) is 18.0 Å². The van der Waals surface area contributed by atoms with Crippen LogP contribution in [0.4, 0.5) is 0 Å². The number of nitrogens with zero attached hydrogens (tertiary/aromatic N) is 1. The monoisotopic (exact) mass is 247 g/mol. The standard InChI is InChI=1S/C13H13NO4/c1-18-13(17)12(16)11(15)9-4-5-10-8(7-9)3-2-6-14-10/h2-7,11-12,15-16H,1H3. The number of aliphatic hydroxyl groups excluding tert-OH is 2. The van der Waals surface area contributed by atoms with E-state index >= 15 is 0 Å². The van der Waals surface area contributed by atoms with Crippen molar-refractivity contribution in [2.45, 2.75) is 12.2 Å². The van der Waals surface area contributed by atoms with Crippen LogP contribution in [0.2, 0.25) is 0 Å². The van der Waals surface area contributed by atoms with E-state index in [1.807, 2.05) is 6.07 Å². The molecule has 1 aromatic heterocycles. The van der Waals surface area contributed by atoms with Gasteiger partial charge in [0.05, 0.1) is 12.6 Å². The van der Waals surface area contributed by atoms with Crippen molar-refractivity contribution in [1.29, 1.82) is 0 Å². The first-order chi connectivity index (χ1) is 8.63. The van der Waals surface area contributed by atoms with E-state index in [9.17, 15) is 15.0 Å². The van der Waals surface area contributed by atoms with Crippen LogP contribution in [0.5, 0.6) is 0 Å². The number of pyridine rings is 1. The van der Waals surface area contributed by atoms with Gasteiger partial charge in [-0.1, -0.05) is 12.1 Å². The van der Waals surface area contributed by atoms with Crippen molar-refractivity contribution < 1.29 is 19.7 Å². The lowest BCUT2D eigenvalue weighted by atomic mass is 10.0. The minimum atomic E-state index is -1.59.